The smallest absolute Gasteiger partial charge is 0.331 e. The van der Waals surface area contributed by atoms with Crippen molar-refractivity contribution in [1.82, 2.24) is 30.4 Å². The van der Waals surface area contributed by atoms with Gasteiger partial charge >= 0.3 is 12.0 Å². The van der Waals surface area contributed by atoms with Crippen LogP contribution in [0.1, 0.15) is 17.3 Å². The van der Waals surface area contributed by atoms with Crippen LogP contribution in [0.3, 0.4) is 0 Å². The van der Waals surface area contributed by atoms with Gasteiger partial charge in [0.15, 0.2) is 6.04 Å². The fourth-order valence-electron chi connectivity index (χ4n) is 1.62. The molecule has 0 aromatic carbocycles. The van der Waals surface area contributed by atoms with Gasteiger partial charge in [-0.3, -0.25) is 4.68 Å². The summed E-state index contributed by atoms with van der Waals surface area (Å²) >= 11 is 0. The van der Waals surface area contributed by atoms with Crippen LogP contribution < -0.4 is 10.6 Å². The van der Waals surface area contributed by atoms with Crippen LogP contribution >= 0.6 is 0 Å². The Balaban J connectivity index is 1.94. The normalized spacial score (nSPS) is 11.8. The molecular formula is C11H14N6O3. The first-order chi connectivity index (χ1) is 9.56. The molecule has 20 heavy (non-hydrogen) atoms. The number of hydrogen-bond acceptors (Lipinski definition) is 4. The van der Waals surface area contributed by atoms with Crippen molar-refractivity contribution >= 4 is 12.0 Å². The second kappa shape index (κ2) is 5.87. The Labute approximate surface area is 114 Å². The number of hydrogen-bond donors (Lipinski definition) is 4. The summed E-state index contributed by atoms with van der Waals surface area (Å²) in [5, 5.41) is 17.9. The Hall–Kier alpha value is -2.84. The van der Waals surface area contributed by atoms with Crippen molar-refractivity contribution < 1.29 is 14.7 Å². The molecule has 0 saturated heterocycles. The second-order valence-electron chi connectivity index (χ2n) is 4.12. The SMILES string of the molecule is Cn1cc(C(NC(=O)NCc2cnc[nH]2)C(=O)O)cn1. The van der Waals surface area contributed by atoms with Crippen LogP contribution in [0.5, 0.6) is 0 Å². The monoisotopic (exact) mass is 278 g/mol. The van der Waals surface area contributed by atoms with Crippen molar-refractivity contribution in [2.45, 2.75) is 12.6 Å². The zero-order valence-corrected chi connectivity index (χ0v) is 10.7. The molecule has 0 radical (unpaired) electrons. The minimum absolute atomic E-state index is 0.227. The maximum atomic E-state index is 11.7. The summed E-state index contributed by atoms with van der Waals surface area (Å²) in [6.07, 6.45) is 5.99. The van der Waals surface area contributed by atoms with Gasteiger partial charge < -0.3 is 20.7 Å². The highest BCUT2D eigenvalue weighted by Crippen LogP contribution is 2.11. The number of amides is 2. The van der Waals surface area contributed by atoms with E-state index in [9.17, 15) is 9.59 Å². The molecule has 2 amide bonds. The predicted molar refractivity (Wildman–Crippen MR) is 67.5 cm³/mol. The summed E-state index contributed by atoms with van der Waals surface area (Å²) in [7, 11) is 1.67. The van der Waals surface area contributed by atoms with Gasteiger partial charge in [-0.25, -0.2) is 14.6 Å². The van der Waals surface area contributed by atoms with E-state index in [1.54, 1.807) is 13.2 Å². The van der Waals surface area contributed by atoms with Crippen molar-refractivity contribution in [3.8, 4) is 0 Å². The fourth-order valence-corrected chi connectivity index (χ4v) is 1.62. The van der Waals surface area contributed by atoms with Gasteiger partial charge in [0, 0.05) is 25.0 Å². The molecule has 1 unspecified atom stereocenters. The molecular weight excluding hydrogens is 264 g/mol. The average Bonchev–Trinajstić information content (AvgIpc) is 3.04. The molecule has 2 rings (SSSR count). The Morgan fingerprint density at radius 2 is 2.30 bits per heavy atom. The first-order valence-corrected chi connectivity index (χ1v) is 5.79. The van der Waals surface area contributed by atoms with E-state index in [-0.39, 0.29) is 6.54 Å². The molecule has 0 fully saturated rings. The lowest BCUT2D eigenvalue weighted by Gasteiger charge is -2.13. The zero-order chi connectivity index (χ0) is 14.5. The zero-order valence-electron chi connectivity index (χ0n) is 10.7. The quantitative estimate of drug-likeness (QED) is 0.601. The highest BCUT2D eigenvalue weighted by atomic mass is 16.4. The average molecular weight is 278 g/mol. The molecule has 2 aromatic heterocycles. The van der Waals surface area contributed by atoms with E-state index >= 15 is 0 Å². The van der Waals surface area contributed by atoms with Crippen LogP contribution in [0.2, 0.25) is 0 Å². The van der Waals surface area contributed by atoms with Gasteiger partial charge in [-0.05, 0) is 0 Å². The number of nitrogens with one attached hydrogen (secondary N) is 3. The number of carboxylic acid groups (broad SMARTS) is 1. The third-order valence-electron chi connectivity index (χ3n) is 2.57. The van der Waals surface area contributed by atoms with E-state index in [0.717, 1.165) is 0 Å². The van der Waals surface area contributed by atoms with Crippen LogP contribution in [-0.2, 0) is 18.4 Å². The maximum Gasteiger partial charge on any atom is 0.331 e. The van der Waals surface area contributed by atoms with E-state index in [1.165, 1.54) is 23.4 Å². The number of rotatable bonds is 5. The maximum absolute atomic E-state index is 11.7. The number of carboxylic acids is 1. The first-order valence-electron chi connectivity index (χ1n) is 5.79. The largest absolute Gasteiger partial charge is 0.479 e. The van der Waals surface area contributed by atoms with Gasteiger partial charge in [-0.2, -0.15) is 5.10 Å². The number of aliphatic carboxylic acids is 1. The van der Waals surface area contributed by atoms with Crippen molar-refractivity contribution in [3.05, 3.63) is 36.2 Å². The fraction of sp³-hybridized carbons (Fsp3) is 0.273. The van der Waals surface area contributed by atoms with Crippen molar-refractivity contribution in [1.29, 1.82) is 0 Å². The molecule has 0 aliphatic rings. The number of aromatic nitrogens is 4. The van der Waals surface area contributed by atoms with Crippen LogP contribution in [-0.4, -0.2) is 36.9 Å². The van der Waals surface area contributed by atoms with E-state index in [2.05, 4.69) is 25.7 Å². The van der Waals surface area contributed by atoms with E-state index < -0.39 is 18.0 Å². The molecule has 1 atom stereocenters. The number of carbonyl (C=O) groups is 2. The Bertz CT molecular complexity index is 591. The third kappa shape index (κ3) is 3.34. The van der Waals surface area contributed by atoms with Crippen LogP contribution in [0.15, 0.2) is 24.9 Å². The number of aryl methyl sites for hydroxylation is 1. The number of urea groups is 1. The molecule has 9 heteroatoms. The lowest BCUT2D eigenvalue weighted by molar-refractivity contribution is -0.139. The summed E-state index contributed by atoms with van der Waals surface area (Å²) in [5.74, 6) is -1.16. The molecule has 0 spiro atoms. The predicted octanol–water partition coefficient (Wildman–Crippen LogP) is -0.232. The highest BCUT2D eigenvalue weighted by Gasteiger charge is 2.23. The van der Waals surface area contributed by atoms with Gasteiger partial charge in [0.2, 0.25) is 0 Å². The summed E-state index contributed by atoms with van der Waals surface area (Å²) in [6.45, 7) is 0.227. The minimum atomic E-state index is -1.16. The number of carbonyl (C=O) groups excluding carboxylic acids is 1. The van der Waals surface area contributed by atoms with Gasteiger partial charge in [-0.1, -0.05) is 0 Å². The standard InChI is InChI=1S/C11H14N6O3/c1-17-5-7(2-15-17)9(10(18)19)16-11(20)13-4-8-3-12-6-14-8/h2-3,5-6,9H,4H2,1H3,(H,12,14)(H,18,19)(H2,13,16,20). The molecule has 0 bridgehead atoms. The van der Waals surface area contributed by atoms with E-state index in [1.807, 2.05) is 0 Å². The number of nitrogens with zero attached hydrogens (tertiary/aromatic N) is 3. The molecule has 9 nitrogen and oxygen atoms in total. The molecule has 0 aliphatic carbocycles. The second-order valence-corrected chi connectivity index (χ2v) is 4.12. The summed E-state index contributed by atoms with van der Waals surface area (Å²) in [4.78, 5) is 29.5. The van der Waals surface area contributed by atoms with Gasteiger partial charge in [-0.15, -0.1) is 0 Å². The lowest BCUT2D eigenvalue weighted by atomic mass is 10.1. The number of aromatic amines is 1. The number of H-pyrrole nitrogens is 1. The van der Waals surface area contributed by atoms with E-state index in [0.29, 0.717) is 11.3 Å². The molecule has 0 saturated carbocycles. The van der Waals surface area contributed by atoms with Gasteiger partial charge in [0.05, 0.1) is 24.8 Å². The van der Waals surface area contributed by atoms with Crippen molar-refractivity contribution in [3.63, 3.8) is 0 Å². The summed E-state index contributed by atoms with van der Waals surface area (Å²) in [5.41, 5.74) is 1.12. The molecule has 2 heterocycles. The lowest BCUT2D eigenvalue weighted by Crippen LogP contribution is -2.40. The van der Waals surface area contributed by atoms with Crippen molar-refractivity contribution in [2.24, 2.45) is 7.05 Å². The van der Waals surface area contributed by atoms with Crippen molar-refractivity contribution in [2.75, 3.05) is 0 Å². The molecule has 106 valence electrons. The summed E-state index contributed by atoms with van der Waals surface area (Å²) < 4.78 is 1.47. The van der Waals surface area contributed by atoms with Gasteiger partial charge in [0.25, 0.3) is 0 Å². The highest BCUT2D eigenvalue weighted by molar-refractivity contribution is 5.83. The summed E-state index contributed by atoms with van der Waals surface area (Å²) in [6, 6.07) is -1.73. The molecule has 0 aliphatic heterocycles. The minimum Gasteiger partial charge on any atom is -0.479 e. The Morgan fingerprint density at radius 1 is 1.50 bits per heavy atom. The molecule has 4 N–H and O–H groups in total. The first kappa shape index (κ1) is 13.6. The van der Waals surface area contributed by atoms with Crippen LogP contribution in [0.25, 0.3) is 0 Å². The Kier molecular flexibility index (Phi) is 3.99. The van der Waals surface area contributed by atoms with Crippen LogP contribution in [0.4, 0.5) is 4.79 Å². The number of imidazole rings is 1. The third-order valence-corrected chi connectivity index (χ3v) is 2.57. The Morgan fingerprint density at radius 3 is 2.85 bits per heavy atom. The molecule has 2 aromatic rings. The van der Waals surface area contributed by atoms with Gasteiger partial charge in [0.1, 0.15) is 0 Å². The topological polar surface area (TPSA) is 125 Å². The van der Waals surface area contributed by atoms with E-state index in [4.69, 9.17) is 5.11 Å². The van der Waals surface area contributed by atoms with Crippen LogP contribution in [0, 0.1) is 0 Å².